The number of benzene rings is 2. The zero-order valence-corrected chi connectivity index (χ0v) is 10.7. The summed E-state index contributed by atoms with van der Waals surface area (Å²) in [4.78, 5) is 0. The van der Waals surface area contributed by atoms with Crippen molar-refractivity contribution >= 4 is 5.69 Å². The molecular weight excluding hydrogens is 222 g/mol. The lowest BCUT2D eigenvalue weighted by molar-refractivity contribution is 0.473. The molecule has 18 heavy (non-hydrogen) atoms. The summed E-state index contributed by atoms with van der Waals surface area (Å²) in [5, 5.41) is 3.59. The molecule has 0 amide bonds. The maximum Gasteiger partial charge on any atom is 0.150 e. The Morgan fingerprint density at radius 1 is 0.944 bits per heavy atom. The van der Waals surface area contributed by atoms with Gasteiger partial charge in [0.1, 0.15) is 5.75 Å². The van der Waals surface area contributed by atoms with Crippen molar-refractivity contribution in [3.63, 3.8) is 0 Å². The Bertz CT molecular complexity index is 563. The predicted octanol–water partition coefficient (Wildman–Crippen LogP) is 4.60. The summed E-state index contributed by atoms with van der Waals surface area (Å²) >= 11 is 0. The predicted molar refractivity (Wildman–Crippen MR) is 74.2 cm³/mol. The van der Waals surface area contributed by atoms with Gasteiger partial charge in [-0.1, -0.05) is 44.2 Å². The second-order valence-corrected chi connectivity index (χ2v) is 5.00. The second-order valence-electron chi connectivity index (χ2n) is 5.00. The third-order valence-electron chi connectivity index (χ3n) is 3.34. The van der Waals surface area contributed by atoms with Crippen LogP contribution in [0.2, 0.25) is 0 Å². The molecule has 0 aliphatic carbocycles. The molecule has 2 nitrogen and oxygen atoms in total. The first-order chi connectivity index (χ1) is 8.75. The minimum atomic E-state index is 0.282. The maximum atomic E-state index is 6.02. The van der Waals surface area contributed by atoms with Gasteiger partial charge in [0.15, 0.2) is 5.75 Å². The zero-order chi connectivity index (χ0) is 12.5. The first-order valence-corrected chi connectivity index (χ1v) is 6.38. The highest BCUT2D eigenvalue weighted by Gasteiger charge is 2.24. The molecule has 2 aromatic rings. The Morgan fingerprint density at radius 3 is 2.39 bits per heavy atom. The molecule has 0 fully saturated rings. The normalized spacial score (nSPS) is 17.2. The van der Waals surface area contributed by atoms with Gasteiger partial charge in [-0.2, -0.15) is 0 Å². The van der Waals surface area contributed by atoms with Crippen LogP contribution in [-0.2, 0) is 0 Å². The summed E-state index contributed by atoms with van der Waals surface area (Å²) in [5.74, 6) is 2.35. The lowest BCUT2D eigenvalue weighted by Crippen LogP contribution is -2.15. The molecule has 1 heterocycles. The lowest BCUT2D eigenvalue weighted by Gasteiger charge is -2.22. The molecule has 0 aromatic heterocycles. The van der Waals surface area contributed by atoms with Crippen molar-refractivity contribution in [1.82, 2.24) is 0 Å². The summed E-state index contributed by atoms with van der Waals surface area (Å²) in [6.07, 6.45) is 0. The quantitative estimate of drug-likeness (QED) is 0.785. The molecule has 0 bridgehead atoms. The molecule has 2 heteroatoms. The minimum Gasteiger partial charge on any atom is -0.455 e. The fourth-order valence-electron chi connectivity index (χ4n) is 2.39. The van der Waals surface area contributed by atoms with Crippen LogP contribution in [-0.4, -0.2) is 0 Å². The van der Waals surface area contributed by atoms with E-state index < -0.39 is 0 Å². The molecule has 1 aliphatic rings. The third-order valence-corrected chi connectivity index (χ3v) is 3.34. The first-order valence-electron chi connectivity index (χ1n) is 6.38. The highest BCUT2D eigenvalue weighted by atomic mass is 16.5. The molecule has 1 unspecified atom stereocenters. The largest absolute Gasteiger partial charge is 0.455 e. The SMILES string of the molecule is CC(C)C1Nc2ccccc2Oc2ccccc21. The van der Waals surface area contributed by atoms with Crippen LogP contribution in [0, 0.1) is 5.92 Å². The van der Waals surface area contributed by atoms with Crippen LogP contribution in [0.1, 0.15) is 25.5 Å². The van der Waals surface area contributed by atoms with Crippen molar-refractivity contribution < 1.29 is 4.74 Å². The van der Waals surface area contributed by atoms with Gasteiger partial charge in [-0.25, -0.2) is 0 Å². The Balaban J connectivity index is 2.14. The Labute approximate surface area is 108 Å². The molecule has 2 aromatic carbocycles. The van der Waals surface area contributed by atoms with Crippen molar-refractivity contribution in [2.24, 2.45) is 5.92 Å². The van der Waals surface area contributed by atoms with E-state index in [0.717, 1.165) is 17.2 Å². The van der Waals surface area contributed by atoms with Crippen molar-refractivity contribution in [2.45, 2.75) is 19.9 Å². The molecule has 3 rings (SSSR count). The average Bonchev–Trinajstić information content (AvgIpc) is 2.55. The van der Waals surface area contributed by atoms with E-state index in [1.54, 1.807) is 0 Å². The number of fused-ring (bicyclic) bond motifs is 2. The van der Waals surface area contributed by atoms with Gasteiger partial charge in [-0.05, 0) is 24.1 Å². The van der Waals surface area contributed by atoms with Crippen LogP contribution < -0.4 is 10.1 Å². The molecule has 0 saturated carbocycles. The fraction of sp³-hybridized carbons (Fsp3) is 0.250. The van der Waals surface area contributed by atoms with Gasteiger partial charge in [0, 0.05) is 5.56 Å². The van der Waals surface area contributed by atoms with Crippen LogP contribution in [0.3, 0.4) is 0 Å². The van der Waals surface area contributed by atoms with Crippen molar-refractivity contribution in [2.75, 3.05) is 5.32 Å². The smallest absolute Gasteiger partial charge is 0.150 e. The van der Waals surface area contributed by atoms with E-state index in [-0.39, 0.29) is 6.04 Å². The number of hydrogen-bond donors (Lipinski definition) is 1. The van der Waals surface area contributed by atoms with Crippen molar-refractivity contribution in [3.8, 4) is 11.5 Å². The molecular formula is C16H17NO. The van der Waals surface area contributed by atoms with Crippen LogP contribution in [0.25, 0.3) is 0 Å². The van der Waals surface area contributed by atoms with Gasteiger partial charge in [-0.15, -0.1) is 0 Å². The van der Waals surface area contributed by atoms with Gasteiger partial charge in [-0.3, -0.25) is 0 Å². The van der Waals surface area contributed by atoms with Gasteiger partial charge in [0.25, 0.3) is 0 Å². The summed E-state index contributed by atoms with van der Waals surface area (Å²) in [7, 11) is 0. The third kappa shape index (κ3) is 1.84. The van der Waals surface area contributed by atoms with Crippen molar-refractivity contribution in [1.29, 1.82) is 0 Å². The molecule has 0 saturated heterocycles. The van der Waals surface area contributed by atoms with Crippen LogP contribution in [0.5, 0.6) is 11.5 Å². The van der Waals surface area contributed by atoms with Crippen LogP contribution >= 0.6 is 0 Å². The molecule has 1 atom stereocenters. The summed E-state index contributed by atoms with van der Waals surface area (Å²) in [5.41, 5.74) is 2.29. The van der Waals surface area contributed by atoms with E-state index in [9.17, 15) is 0 Å². The Hall–Kier alpha value is -1.96. The molecule has 92 valence electrons. The van der Waals surface area contributed by atoms with Gasteiger partial charge in [0.2, 0.25) is 0 Å². The number of nitrogens with one attached hydrogen (secondary N) is 1. The molecule has 1 N–H and O–H groups in total. The average molecular weight is 239 g/mol. The summed E-state index contributed by atoms with van der Waals surface area (Å²) in [6, 6.07) is 16.6. The van der Waals surface area contributed by atoms with E-state index >= 15 is 0 Å². The zero-order valence-electron chi connectivity index (χ0n) is 10.7. The summed E-state index contributed by atoms with van der Waals surface area (Å²) in [6.45, 7) is 4.45. The second kappa shape index (κ2) is 4.37. The topological polar surface area (TPSA) is 21.3 Å². The number of para-hydroxylation sites is 3. The van der Waals surface area contributed by atoms with Crippen LogP contribution in [0.4, 0.5) is 5.69 Å². The minimum absolute atomic E-state index is 0.282. The summed E-state index contributed by atoms with van der Waals surface area (Å²) < 4.78 is 6.02. The van der Waals surface area contributed by atoms with Gasteiger partial charge < -0.3 is 10.1 Å². The van der Waals surface area contributed by atoms with E-state index in [0.29, 0.717) is 5.92 Å². The van der Waals surface area contributed by atoms with E-state index in [1.165, 1.54) is 5.56 Å². The Kier molecular flexibility index (Phi) is 2.71. The number of ether oxygens (including phenoxy) is 1. The highest BCUT2D eigenvalue weighted by Crippen LogP contribution is 2.41. The highest BCUT2D eigenvalue weighted by molar-refractivity contribution is 5.62. The number of anilines is 1. The monoisotopic (exact) mass is 239 g/mol. The fourth-order valence-corrected chi connectivity index (χ4v) is 2.39. The maximum absolute atomic E-state index is 6.02. The number of hydrogen-bond acceptors (Lipinski definition) is 2. The van der Waals surface area contributed by atoms with Crippen LogP contribution in [0.15, 0.2) is 48.5 Å². The van der Waals surface area contributed by atoms with Crippen molar-refractivity contribution in [3.05, 3.63) is 54.1 Å². The van der Waals surface area contributed by atoms with E-state index in [1.807, 2.05) is 30.3 Å². The standard InChI is InChI=1S/C16H17NO/c1-11(2)16-12-7-3-5-9-14(12)18-15-10-6-4-8-13(15)17-16/h3-11,16-17H,1-2H3. The number of rotatable bonds is 1. The van der Waals surface area contributed by atoms with Gasteiger partial charge in [0.05, 0.1) is 11.7 Å². The first kappa shape index (κ1) is 11.1. The van der Waals surface area contributed by atoms with E-state index in [4.69, 9.17) is 4.74 Å². The molecule has 1 aliphatic heterocycles. The lowest BCUT2D eigenvalue weighted by atomic mass is 9.95. The molecule has 0 spiro atoms. The van der Waals surface area contributed by atoms with E-state index in [2.05, 4.69) is 37.4 Å². The Morgan fingerprint density at radius 2 is 1.61 bits per heavy atom. The molecule has 0 radical (unpaired) electrons. The van der Waals surface area contributed by atoms with Gasteiger partial charge >= 0.3 is 0 Å².